The Morgan fingerprint density at radius 3 is 3.12 bits per heavy atom. The van der Waals surface area contributed by atoms with Crippen molar-refractivity contribution in [2.24, 2.45) is 0 Å². The number of hydrogen-bond donors (Lipinski definition) is 1. The number of anilines is 1. The molecule has 0 saturated carbocycles. The molecular weight excluding hydrogens is 242 g/mol. The van der Waals surface area contributed by atoms with Crippen LogP contribution in [0, 0.1) is 0 Å². The lowest BCUT2D eigenvalue weighted by Crippen LogP contribution is -2.00. The van der Waals surface area contributed by atoms with E-state index in [4.69, 9.17) is 10.5 Å². The molecule has 0 spiro atoms. The molecule has 0 bridgehead atoms. The second-order valence-electron chi connectivity index (χ2n) is 2.98. The minimum atomic E-state index is 0.633. The fourth-order valence-electron chi connectivity index (χ4n) is 1.12. The summed E-state index contributed by atoms with van der Waals surface area (Å²) in [6.07, 6.45) is 1.56. The van der Waals surface area contributed by atoms with Crippen molar-refractivity contribution in [3.8, 4) is 5.75 Å². The maximum absolute atomic E-state index is 5.64. The minimum absolute atomic E-state index is 0.633. The quantitative estimate of drug-likeness (QED) is 0.503. The first-order valence-electron chi connectivity index (χ1n) is 4.72. The van der Waals surface area contributed by atoms with Crippen LogP contribution in [0.4, 0.5) is 5.69 Å². The summed E-state index contributed by atoms with van der Waals surface area (Å²) in [5.74, 6) is 1.65. The van der Waals surface area contributed by atoms with E-state index in [1.807, 2.05) is 24.3 Å². The maximum Gasteiger partial charge on any atom is 0.169 e. The van der Waals surface area contributed by atoms with E-state index >= 15 is 0 Å². The molecule has 0 aliphatic carbocycles. The molecule has 1 heterocycles. The number of nitrogens with two attached hydrogens (primary N) is 1. The van der Waals surface area contributed by atoms with E-state index in [0.717, 1.165) is 15.8 Å². The summed E-state index contributed by atoms with van der Waals surface area (Å²) in [5, 5.41) is 0. The van der Waals surface area contributed by atoms with Crippen LogP contribution in [0.25, 0.3) is 0 Å². The average molecular weight is 253 g/mol. The molecule has 16 heavy (non-hydrogen) atoms. The zero-order valence-electron chi connectivity index (χ0n) is 8.50. The van der Waals surface area contributed by atoms with Gasteiger partial charge in [0, 0.05) is 17.5 Å². The lowest BCUT2D eigenvalue weighted by atomic mass is 10.3. The third-order valence-electron chi connectivity index (χ3n) is 1.78. The Morgan fingerprint density at radius 2 is 2.38 bits per heavy atom. The number of thioether (sulfide) groups is 1. The molecule has 0 saturated heterocycles. The fraction of sp³-hybridized carbons (Fsp3) is 0.200. The van der Waals surface area contributed by atoms with E-state index in [-0.39, 0.29) is 0 Å². The number of aromatic nitrogens is 2. The van der Waals surface area contributed by atoms with Gasteiger partial charge in [-0.1, -0.05) is 17.8 Å². The molecule has 1 aromatic carbocycles. The van der Waals surface area contributed by atoms with Gasteiger partial charge in [-0.2, -0.15) is 4.37 Å². The number of rotatable bonds is 5. The third-order valence-corrected chi connectivity index (χ3v) is 3.54. The second-order valence-corrected chi connectivity index (χ2v) is 5.10. The molecule has 0 atom stereocenters. The molecule has 0 amide bonds. The van der Waals surface area contributed by atoms with Gasteiger partial charge < -0.3 is 10.5 Å². The van der Waals surface area contributed by atoms with Gasteiger partial charge in [0.25, 0.3) is 0 Å². The Labute approximate surface area is 102 Å². The molecule has 0 unspecified atom stereocenters. The number of nitrogens with zero attached hydrogens (tertiary/aromatic N) is 2. The van der Waals surface area contributed by atoms with Crippen molar-refractivity contribution in [2.45, 2.75) is 4.34 Å². The Balaban J connectivity index is 1.72. The summed E-state index contributed by atoms with van der Waals surface area (Å²) in [6, 6.07) is 7.42. The number of nitrogen functional groups attached to an aromatic ring is 1. The van der Waals surface area contributed by atoms with Gasteiger partial charge in [-0.25, -0.2) is 4.98 Å². The summed E-state index contributed by atoms with van der Waals surface area (Å²) in [4.78, 5) is 4.07. The molecule has 0 aliphatic heterocycles. The maximum atomic E-state index is 5.64. The van der Waals surface area contributed by atoms with Crippen LogP contribution in [-0.2, 0) is 0 Å². The Hall–Kier alpha value is -1.27. The second kappa shape index (κ2) is 5.72. The Morgan fingerprint density at radius 1 is 1.44 bits per heavy atom. The van der Waals surface area contributed by atoms with E-state index in [0.29, 0.717) is 12.3 Å². The van der Waals surface area contributed by atoms with Crippen molar-refractivity contribution in [3.05, 3.63) is 30.6 Å². The van der Waals surface area contributed by atoms with Gasteiger partial charge in [0.1, 0.15) is 12.1 Å². The van der Waals surface area contributed by atoms with Gasteiger partial charge in [-0.3, -0.25) is 0 Å². The summed E-state index contributed by atoms with van der Waals surface area (Å²) in [6.45, 7) is 0.633. The Kier molecular flexibility index (Phi) is 4.01. The zero-order chi connectivity index (χ0) is 11.2. The third kappa shape index (κ3) is 3.39. The smallest absolute Gasteiger partial charge is 0.169 e. The van der Waals surface area contributed by atoms with Gasteiger partial charge in [0.15, 0.2) is 4.34 Å². The topological polar surface area (TPSA) is 61.0 Å². The zero-order valence-corrected chi connectivity index (χ0v) is 10.1. The van der Waals surface area contributed by atoms with E-state index in [1.54, 1.807) is 18.1 Å². The highest BCUT2D eigenvalue weighted by Gasteiger charge is 1.98. The van der Waals surface area contributed by atoms with Gasteiger partial charge in [-0.15, -0.1) is 0 Å². The molecule has 2 rings (SSSR count). The minimum Gasteiger partial charge on any atom is -0.493 e. The summed E-state index contributed by atoms with van der Waals surface area (Å²) in [5.41, 5.74) is 6.36. The molecule has 84 valence electrons. The fourth-order valence-corrected chi connectivity index (χ4v) is 2.45. The summed E-state index contributed by atoms with van der Waals surface area (Å²) in [7, 11) is 0. The van der Waals surface area contributed by atoms with Crippen LogP contribution in [-0.4, -0.2) is 21.7 Å². The molecule has 1 aromatic heterocycles. The molecular formula is C10H11N3OS2. The predicted octanol–water partition coefficient (Wildman–Crippen LogP) is 2.29. The predicted molar refractivity (Wildman–Crippen MR) is 67.0 cm³/mol. The number of hydrogen-bond acceptors (Lipinski definition) is 6. The van der Waals surface area contributed by atoms with Crippen molar-refractivity contribution in [1.29, 1.82) is 0 Å². The van der Waals surface area contributed by atoms with Gasteiger partial charge >= 0.3 is 0 Å². The molecule has 0 aliphatic rings. The summed E-state index contributed by atoms with van der Waals surface area (Å²) >= 11 is 3.04. The monoisotopic (exact) mass is 253 g/mol. The van der Waals surface area contributed by atoms with Crippen LogP contribution < -0.4 is 10.5 Å². The van der Waals surface area contributed by atoms with Crippen LogP contribution in [0.5, 0.6) is 5.75 Å². The van der Waals surface area contributed by atoms with Crippen LogP contribution >= 0.6 is 23.3 Å². The van der Waals surface area contributed by atoms with E-state index < -0.39 is 0 Å². The normalized spacial score (nSPS) is 10.2. The van der Waals surface area contributed by atoms with Crippen molar-refractivity contribution in [2.75, 3.05) is 18.1 Å². The lowest BCUT2D eigenvalue weighted by molar-refractivity contribution is 0.344. The summed E-state index contributed by atoms with van der Waals surface area (Å²) < 4.78 is 10.4. The Bertz CT molecular complexity index is 433. The highest BCUT2D eigenvalue weighted by molar-refractivity contribution is 8.00. The largest absolute Gasteiger partial charge is 0.493 e. The lowest BCUT2D eigenvalue weighted by Gasteiger charge is -2.05. The molecule has 2 N–H and O–H groups in total. The molecule has 4 nitrogen and oxygen atoms in total. The molecule has 0 fully saturated rings. The number of ether oxygens (including phenoxy) is 1. The van der Waals surface area contributed by atoms with Crippen molar-refractivity contribution < 1.29 is 4.74 Å². The van der Waals surface area contributed by atoms with Crippen molar-refractivity contribution in [3.63, 3.8) is 0 Å². The first-order valence-corrected chi connectivity index (χ1v) is 6.48. The highest BCUT2D eigenvalue weighted by Crippen LogP contribution is 2.19. The van der Waals surface area contributed by atoms with Crippen molar-refractivity contribution in [1.82, 2.24) is 9.36 Å². The molecule has 0 radical (unpaired) electrons. The van der Waals surface area contributed by atoms with Crippen molar-refractivity contribution >= 4 is 29.0 Å². The number of benzene rings is 1. The van der Waals surface area contributed by atoms with Crippen LogP contribution in [0.1, 0.15) is 0 Å². The average Bonchev–Trinajstić information content (AvgIpc) is 2.77. The molecule has 6 heteroatoms. The first kappa shape index (κ1) is 11.2. The van der Waals surface area contributed by atoms with Crippen LogP contribution in [0.2, 0.25) is 0 Å². The van der Waals surface area contributed by atoms with Gasteiger partial charge in [0.05, 0.1) is 6.61 Å². The van der Waals surface area contributed by atoms with E-state index in [9.17, 15) is 0 Å². The highest BCUT2D eigenvalue weighted by atomic mass is 32.2. The van der Waals surface area contributed by atoms with E-state index in [2.05, 4.69) is 9.36 Å². The van der Waals surface area contributed by atoms with Crippen LogP contribution in [0.15, 0.2) is 34.9 Å². The van der Waals surface area contributed by atoms with Gasteiger partial charge in [0.2, 0.25) is 0 Å². The first-order chi connectivity index (χ1) is 7.84. The standard InChI is InChI=1S/C10H11N3OS2/c11-8-2-1-3-9(6-8)14-4-5-15-10-12-7-13-16-10/h1-3,6-7H,4-5,11H2. The SMILES string of the molecule is Nc1cccc(OCCSc2ncns2)c1. The van der Waals surface area contributed by atoms with E-state index in [1.165, 1.54) is 11.5 Å². The van der Waals surface area contributed by atoms with Crippen LogP contribution in [0.3, 0.4) is 0 Å². The molecule has 2 aromatic rings. The van der Waals surface area contributed by atoms with Gasteiger partial charge in [-0.05, 0) is 23.7 Å².